The van der Waals surface area contributed by atoms with Gasteiger partial charge in [0.1, 0.15) is 5.82 Å². The van der Waals surface area contributed by atoms with Crippen molar-refractivity contribution >= 4 is 34.5 Å². The van der Waals surface area contributed by atoms with Crippen LogP contribution in [0.4, 0.5) is 5.82 Å². The zero-order valence-electron chi connectivity index (χ0n) is 17.7. The van der Waals surface area contributed by atoms with Crippen LogP contribution in [-0.2, 0) is 16.8 Å². The minimum atomic E-state index is -0.225. The third-order valence-electron chi connectivity index (χ3n) is 5.17. The summed E-state index contributed by atoms with van der Waals surface area (Å²) in [6.07, 6.45) is 4.37. The zero-order chi connectivity index (χ0) is 21.5. The Bertz CT molecular complexity index is 1090. The van der Waals surface area contributed by atoms with E-state index in [0.29, 0.717) is 18.1 Å². The van der Waals surface area contributed by atoms with Crippen LogP contribution >= 0.6 is 11.6 Å². The molecule has 1 fully saturated rings. The molecule has 1 aliphatic rings. The van der Waals surface area contributed by atoms with Crippen molar-refractivity contribution in [1.29, 1.82) is 0 Å². The van der Waals surface area contributed by atoms with Gasteiger partial charge in [-0.2, -0.15) is 0 Å². The molecule has 1 aliphatic heterocycles. The van der Waals surface area contributed by atoms with Crippen LogP contribution in [0.1, 0.15) is 45.6 Å². The van der Waals surface area contributed by atoms with Gasteiger partial charge in [-0.15, -0.1) is 0 Å². The Morgan fingerprint density at radius 2 is 2.10 bits per heavy atom. The molecule has 0 spiro atoms. The van der Waals surface area contributed by atoms with E-state index in [0.717, 1.165) is 41.5 Å². The highest BCUT2D eigenvalue weighted by Crippen LogP contribution is 2.30. The van der Waals surface area contributed by atoms with Gasteiger partial charge in [-0.05, 0) is 18.6 Å². The highest BCUT2D eigenvalue weighted by atomic mass is 35.5. The van der Waals surface area contributed by atoms with Crippen molar-refractivity contribution in [3.8, 4) is 0 Å². The Morgan fingerprint density at radius 3 is 2.80 bits per heavy atom. The Morgan fingerprint density at radius 1 is 1.30 bits per heavy atom. The summed E-state index contributed by atoms with van der Waals surface area (Å²) in [5.41, 5.74) is 2.05. The van der Waals surface area contributed by atoms with E-state index < -0.39 is 0 Å². The molecule has 4 rings (SSSR count). The number of anilines is 1. The molecular formula is C21H26ClN7O. The molecule has 4 heterocycles. The van der Waals surface area contributed by atoms with E-state index in [-0.39, 0.29) is 17.4 Å². The van der Waals surface area contributed by atoms with E-state index in [1.807, 2.05) is 16.7 Å². The molecule has 0 aromatic carbocycles. The van der Waals surface area contributed by atoms with Crippen LogP contribution in [0.25, 0.3) is 11.2 Å². The number of fused-ring (bicyclic) bond motifs is 1. The summed E-state index contributed by atoms with van der Waals surface area (Å²) < 4.78 is 1.96. The van der Waals surface area contributed by atoms with E-state index in [9.17, 15) is 4.79 Å². The van der Waals surface area contributed by atoms with Gasteiger partial charge in [0.25, 0.3) is 0 Å². The molecule has 30 heavy (non-hydrogen) atoms. The standard InChI is InChI=1S/C21H26ClN7O/c1-13(30)25-14-7-9-28(10-14)18-17-19(27-20(26-18)21(2,3)4)29(12-24-17)11-16-15(22)6-5-8-23-16/h5-6,8,12,14H,7,9-11H2,1-4H3,(H,25,30)/t14-/m0/s1. The third-order valence-corrected chi connectivity index (χ3v) is 5.51. The summed E-state index contributed by atoms with van der Waals surface area (Å²) in [6.45, 7) is 9.82. The first-order chi connectivity index (χ1) is 14.2. The second kappa shape index (κ2) is 7.83. The highest BCUT2D eigenvalue weighted by molar-refractivity contribution is 6.31. The van der Waals surface area contributed by atoms with Crippen molar-refractivity contribution in [3.05, 3.63) is 41.2 Å². The van der Waals surface area contributed by atoms with Gasteiger partial charge in [0.2, 0.25) is 5.91 Å². The lowest BCUT2D eigenvalue weighted by atomic mass is 9.96. The molecule has 0 aliphatic carbocycles. The summed E-state index contributed by atoms with van der Waals surface area (Å²) >= 11 is 6.32. The van der Waals surface area contributed by atoms with Crippen molar-refractivity contribution in [2.24, 2.45) is 0 Å². The molecule has 3 aromatic heterocycles. The highest BCUT2D eigenvalue weighted by Gasteiger charge is 2.29. The molecular weight excluding hydrogens is 402 g/mol. The topological polar surface area (TPSA) is 88.8 Å². The molecule has 1 amide bonds. The molecule has 9 heteroatoms. The van der Waals surface area contributed by atoms with Crippen molar-refractivity contribution in [3.63, 3.8) is 0 Å². The summed E-state index contributed by atoms with van der Waals surface area (Å²) in [6, 6.07) is 3.76. The summed E-state index contributed by atoms with van der Waals surface area (Å²) in [5, 5.41) is 3.62. The molecule has 1 N–H and O–H groups in total. The number of carbonyl (C=O) groups is 1. The Kier molecular flexibility index (Phi) is 5.36. The van der Waals surface area contributed by atoms with Gasteiger partial charge in [-0.1, -0.05) is 32.4 Å². The second-order valence-electron chi connectivity index (χ2n) is 8.73. The van der Waals surface area contributed by atoms with Crippen LogP contribution < -0.4 is 10.2 Å². The maximum atomic E-state index is 11.5. The van der Waals surface area contributed by atoms with Gasteiger partial charge < -0.3 is 14.8 Å². The Hall–Kier alpha value is -2.74. The van der Waals surface area contributed by atoms with Gasteiger partial charge >= 0.3 is 0 Å². The predicted octanol–water partition coefficient (Wildman–Crippen LogP) is 2.94. The smallest absolute Gasteiger partial charge is 0.217 e. The molecule has 0 radical (unpaired) electrons. The fourth-order valence-corrected chi connectivity index (χ4v) is 3.84. The fourth-order valence-electron chi connectivity index (χ4n) is 3.65. The number of carbonyl (C=O) groups excluding carboxylic acids is 1. The largest absolute Gasteiger partial charge is 0.353 e. The van der Waals surface area contributed by atoms with Gasteiger partial charge in [-0.25, -0.2) is 15.0 Å². The lowest BCUT2D eigenvalue weighted by Gasteiger charge is -2.22. The average molecular weight is 428 g/mol. The molecule has 158 valence electrons. The van der Waals surface area contributed by atoms with Crippen LogP contribution in [0.3, 0.4) is 0 Å². The SMILES string of the molecule is CC(=O)N[C@H]1CCN(c2nc(C(C)(C)C)nc3c2ncn3Cc2ncccc2Cl)C1. The number of pyridine rings is 1. The van der Waals surface area contributed by atoms with E-state index in [1.165, 1.54) is 0 Å². The van der Waals surface area contributed by atoms with Crippen molar-refractivity contribution < 1.29 is 4.79 Å². The quantitative estimate of drug-likeness (QED) is 0.688. The Labute approximate surface area is 180 Å². The number of rotatable bonds is 4. The minimum absolute atomic E-state index is 0.0124. The number of nitrogens with zero attached hydrogens (tertiary/aromatic N) is 6. The summed E-state index contributed by atoms with van der Waals surface area (Å²) in [4.78, 5) is 32.4. The van der Waals surface area contributed by atoms with Crippen LogP contribution in [0.15, 0.2) is 24.7 Å². The van der Waals surface area contributed by atoms with Crippen LogP contribution in [0, 0.1) is 0 Å². The summed E-state index contributed by atoms with van der Waals surface area (Å²) in [7, 11) is 0. The third kappa shape index (κ3) is 4.09. The maximum Gasteiger partial charge on any atom is 0.217 e. The monoisotopic (exact) mass is 427 g/mol. The molecule has 3 aromatic rings. The van der Waals surface area contributed by atoms with Crippen LogP contribution in [-0.4, -0.2) is 49.5 Å². The second-order valence-corrected chi connectivity index (χ2v) is 9.14. The van der Waals surface area contributed by atoms with Gasteiger partial charge in [-0.3, -0.25) is 9.78 Å². The van der Waals surface area contributed by atoms with E-state index in [2.05, 4.69) is 41.0 Å². The molecule has 0 bridgehead atoms. The average Bonchev–Trinajstić information content (AvgIpc) is 3.29. The number of aromatic nitrogens is 5. The minimum Gasteiger partial charge on any atom is -0.353 e. The number of imidazole rings is 1. The van der Waals surface area contributed by atoms with Gasteiger partial charge in [0.15, 0.2) is 17.0 Å². The number of hydrogen-bond donors (Lipinski definition) is 1. The van der Waals surface area contributed by atoms with Gasteiger partial charge in [0, 0.05) is 37.7 Å². The molecule has 8 nitrogen and oxygen atoms in total. The van der Waals surface area contributed by atoms with Gasteiger partial charge in [0.05, 0.1) is 23.6 Å². The van der Waals surface area contributed by atoms with Crippen molar-refractivity contribution in [2.45, 2.75) is 52.1 Å². The lowest BCUT2D eigenvalue weighted by Crippen LogP contribution is -2.36. The molecule has 0 saturated carbocycles. The zero-order valence-corrected chi connectivity index (χ0v) is 18.4. The van der Waals surface area contributed by atoms with E-state index in [4.69, 9.17) is 21.6 Å². The van der Waals surface area contributed by atoms with Crippen molar-refractivity contribution in [2.75, 3.05) is 18.0 Å². The molecule has 1 atom stereocenters. The predicted molar refractivity (Wildman–Crippen MR) is 117 cm³/mol. The first-order valence-corrected chi connectivity index (χ1v) is 10.4. The number of amides is 1. The van der Waals surface area contributed by atoms with Crippen LogP contribution in [0.5, 0.6) is 0 Å². The fraction of sp³-hybridized carbons (Fsp3) is 0.476. The normalized spacial score (nSPS) is 17.0. The Balaban J connectivity index is 1.76. The van der Waals surface area contributed by atoms with Crippen LogP contribution in [0.2, 0.25) is 5.02 Å². The summed E-state index contributed by atoms with van der Waals surface area (Å²) in [5.74, 6) is 1.55. The maximum absolute atomic E-state index is 11.5. The van der Waals surface area contributed by atoms with E-state index >= 15 is 0 Å². The number of nitrogens with one attached hydrogen (secondary N) is 1. The van der Waals surface area contributed by atoms with Crippen molar-refractivity contribution in [1.82, 2.24) is 29.8 Å². The first-order valence-electron chi connectivity index (χ1n) is 10.1. The van der Waals surface area contributed by atoms with E-state index in [1.54, 1.807) is 19.4 Å². The number of hydrogen-bond acceptors (Lipinski definition) is 6. The first kappa shape index (κ1) is 20.5. The lowest BCUT2D eigenvalue weighted by molar-refractivity contribution is -0.119. The molecule has 0 unspecified atom stereocenters. The molecule has 1 saturated heterocycles. The number of halogens is 1.